The molecule has 3 fully saturated rings. The second-order valence-corrected chi connectivity index (χ2v) is 11.9. The van der Waals surface area contributed by atoms with E-state index in [9.17, 15) is 19.5 Å². The fourth-order valence-electron chi connectivity index (χ4n) is 6.37. The van der Waals surface area contributed by atoms with Gasteiger partial charge < -0.3 is 19.6 Å². The summed E-state index contributed by atoms with van der Waals surface area (Å²) in [6, 6.07) is 6.64. The van der Waals surface area contributed by atoms with Crippen molar-refractivity contribution in [1.82, 2.24) is 24.8 Å². The number of carbonyl (C=O) groups is 3. The molecule has 2 amide bonds. The molecule has 5 atom stereocenters. The van der Waals surface area contributed by atoms with Crippen LogP contribution in [0, 0.1) is 11.8 Å². The average Bonchev–Trinajstić information content (AvgIpc) is 3.58. The molecular formula is C26H31N5O5S. The normalized spacial score (nSPS) is 29.9. The molecule has 0 aliphatic carbocycles. The molecule has 1 spiro atoms. The summed E-state index contributed by atoms with van der Waals surface area (Å²) in [4.78, 5) is 44.4. The number of aromatic nitrogens is 3. The molecule has 2 aromatic rings. The number of hydrogen-bond acceptors (Lipinski definition) is 8. The van der Waals surface area contributed by atoms with Gasteiger partial charge in [0, 0.05) is 17.8 Å². The van der Waals surface area contributed by atoms with E-state index in [0.29, 0.717) is 18.4 Å². The Bertz CT molecular complexity index is 1260. The minimum absolute atomic E-state index is 0.00732. The Labute approximate surface area is 219 Å². The zero-order valence-electron chi connectivity index (χ0n) is 20.8. The van der Waals surface area contributed by atoms with Crippen molar-refractivity contribution in [3.8, 4) is 0 Å². The molecule has 10 nitrogen and oxygen atoms in total. The smallest absolute Gasteiger partial charge is 0.311 e. The number of para-hydroxylation sites is 1. The molecule has 2 bridgehead atoms. The Balaban J connectivity index is 1.52. The van der Waals surface area contributed by atoms with Crippen LogP contribution in [0.5, 0.6) is 0 Å². The SMILES string of the molecule is C=CCOC(=O)[C@H]1[C@H]2C(=O)N(CCO)C(C(=O)N(CC=C)Cn3nnc4ccccc43)C23CC[C@]1(C)S3. The minimum atomic E-state index is -0.837. The van der Waals surface area contributed by atoms with E-state index in [4.69, 9.17) is 4.74 Å². The number of aliphatic hydroxyl groups is 1. The lowest BCUT2D eigenvalue weighted by atomic mass is 9.66. The van der Waals surface area contributed by atoms with Crippen molar-refractivity contribution < 1.29 is 24.2 Å². The van der Waals surface area contributed by atoms with Crippen LogP contribution in [-0.2, 0) is 25.8 Å². The summed E-state index contributed by atoms with van der Waals surface area (Å²) in [5, 5.41) is 18.2. The highest BCUT2D eigenvalue weighted by Gasteiger charge is 2.77. The van der Waals surface area contributed by atoms with Gasteiger partial charge in [-0.25, -0.2) is 4.68 Å². The first-order valence-electron chi connectivity index (χ1n) is 12.4. The molecule has 3 aliphatic heterocycles. The standard InChI is InChI=1S/C26H31N5O5S/c1-4-12-29(16-31-18-9-7-6-8-17(18)27-28-31)23(34)21-26-11-10-25(3,37-26)20(24(35)36-15-5-2)19(26)22(33)30(21)13-14-32/h4-9,19-21,32H,1-2,10-16H2,3H3/t19-,20+,21?,25-,26?/m0/s1. The predicted octanol–water partition coefficient (Wildman–Crippen LogP) is 1.61. The van der Waals surface area contributed by atoms with E-state index in [2.05, 4.69) is 23.5 Å². The summed E-state index contributed by atoms with van der Waals surface area (Å²) in [5.41, 5.74) is 1.49. The van der Waals surface area contributed by atoms with E-state index >= 15 is 0 Å². The average molecular weight is 526 g/mol. The molecule has 0 radical (unpaired) electrons. The molecule has 3 aliphatic rings. The van der Waals surface area contributed by atoms with Gasteiger partial charge in [0.2, 0.25) is 11.8 Å². The predicted molar refractivity (Wildman–Crippen MR) is 138 cm³/mol. The van der Waals surface area contributed by atoms with E-state index in [1.165, 1.54) is 11.0 Å². The van der Waals surface area contributed by atoms with Crippen molar-refractivity contribution >= 4 is 40.6 Å². The molecule has 2 unspecified atom stereocenters. The van der Waals surface area contributed by atoms with Gasteiger partial charge in [-0.15, -0.1) is 23.4 Å². The number of β-amino-alcohol motifs (C(OH)–C–C–N with tert-alkyl or cyclic N) is 1. The first-order valence-corrected chi connectivity index (χ1v) is 13.2. The highest BCUT2D eigenvalue weighted by atomic mass is 32.2. The van der Waals surface area contributed by atoms with Crippen LogP contribution < -0.4 is 0 Å². The highest BCUT2D eigenvalue weighted by molar-refractivity contribution is 8.02. The molecular weight excluding hydrogens is 494 g/mol. The second kappa shape index (κ2) is 9.60. The first kappa shape index (κ1) is 25.5. The maximum absolute atomic E-state index is 14.3. The molecule has 1 aromatic heterocycles. The van der Waals surface area contributed by atoms with Crippen molar-refractivity contribution in [3.05, 3.63) is 49.6 Å². The van der Waals surface area contributed by atoms with E-state index < -0.39 is 33.3 Å². The summed E-state index contributed by atoms with van der Waals surface area (Å²) in [7, 11) is 0. The number of likely N-dealkylation sites (tertiary alicyclic amines) is 1. The van der Waals surface area contributed by atoms with Crippen LogP contribution in [0.2, 0.25) is 0 Å². The van der Waals surface area contributed by atoms with Gasteiger partial charge in [-0.3, -0.25) is 14.4 Å². The maximum atomic E-state index is 14.3. The highest BCUT2D eigenvalue weighted by Crippen LogP contribution is 2.71. The zero-order chi connectivity index (χ0) is 26.4. The summed E-state index contributed by atoms with van der Waals surface area (Å²) in [6.45, 7) is 9.55. The third-order valence-electron chi connectivity index (χ3n) is 7.83. The van der Waals surface area contributed by atoms with E-state index in [1.807, 2.05) is 31.2 Å². The van der Waals surface area contributed by atoms with E-state index in [1.54, 1.807) is 27.4 Å². The quantitative estimate of drug-likeness (QED) is 0.367. The van der Waals surface area contributed by atoms with Crippen LogP contribution >= 0.6 is 11.8 Å². The zero-order valence-corrected chi connectivity index (χ0v) is 21.6. The fraction of sp³-hybridized carbons (Fsp3) is 0.500. The molecule has 4 heterocycles. The van der Waals surface area contributed by atoms with Gasteiger partial charge in [0.15, 0.2) is 0 Å². The van der Waals surface area contributed by atoms with Gasteiger partial charge in [-0.05, 0) is 31.9 Å². The number of esters is 1. The van der Waals surface area contributed by atoms with Crippen LogP contribution in [0.25, 0.3) is 11.0 Å². The number of rotatable bonds is 10. The van der Waals surface area contributed by atoms with Crippen LogP contribution in [0.15, 0.2) is 49.6 Å². The minimum Gasteiger partial charge on any atom is -0.461 e. The summed E-state index contributed by atoms with van der Waals surface area (Å²) < 4.78 is 5.75. The number of hydrogen-bond donors (Lipinski definition) is 1. The molecule has 5 rings (SSSR count). The number of aliphatic hydroxyl groups excluding tert-OH is 1. The van der Waals surface area contributed by atoms with Gasteiger partial charge >= 0.3 is 5.97 Å². The first-order chi connectivity index (χ1) is 17.8. The lowest BCUT2D eigenvalue weighted by molar-refractivity contribution is -0.154. The van der Waals surface area contributed by atoms with Gasteiger partial charge in [-0.1, -0.05) is 36.1 Å². The Hall–Kier alpha value is -3.18. The monoisotopic (exact) mass is 525 g/mol. The summed E-state index contributed by atoms with van der Waals surface area (Å²) in [6.07, 6.45) is 4.43. The topological polar surface area (TPSA) is 118 Å². The molecule has 1 aromatic carbocycles. The second-order valence-electron chi connectivity index (χ2n) is 9.97. The van der Waals surface area contributed by atoms with Gasteiger partial charge in [0.1, 0.15) is 24.8 Å². The summed E-state index contributed by atoms with van der Waals surface area (Å²) in [5.74, 6) is -2.37. The number of ether oxygens (including phenoxy) is 1. The van der Waals surface area contributed by atoms with Crippen molar-refractivity contribution in [3.63, 3.8) is 0 Å². The van der Waals surface area contributed by atoms with Crippen LogP contribution in [0.3, 0.4) is 0 Å². The largest absolute Gasteiger partial charge is 0.461 e. The van der Waals surface area contributed by atoms with Crippen LogP contribution in [0.4, 0.5) is 0 Å². The number of amides is 2. The molecule has 0 saturated carbocycles. The van der Waals surface area contributed by atoms with Crippen molar-refractivity contribution in [2.75, 3.05) is 26.3 Å². The van der Waals surface area contributed by atoms with Crippen molar-refractivity contribution in [2.45, 2.75) is 42.0 Å². The maximum Gasteiger partial charge on any atom is 0.311 e. The molecule has 37 heavy (non-hydrogen) atoms. The third-order valence-corrected chi connectivity index (χ3v) is 9.82. The Morgan fingerprint density at radius 3 is 2.81 bits per heavy atom. The number of nitrogens with zero attached hydrogens (tertiary/aromatic N) is 5. The molecule has 3 saturated heterocycles. The Morgan fingerprint density at radius 2 is 2.08 bits per heavy atom. The summed E-state index contributed by atoms with van der Waals surface area (Å²) >= 11 is 1.56. The lowest BCUT2D eigenvalue weighted by Gasteiger charge is -2.37. The number of carbonyl (C=O) groups excluding carboxylic acids is 3. The van der Waals surface area contributed by atoms with Crippen LogP contribution in [-0.4, -0.2) is 89.5 Å². The van der Waals surface area contributed by atoms with E-state index in [0.717, 1.165) is 5.52 Å². The van der Waals surface area contributed by atoms with Crippen LogP contribution in [0.1, 0.15) is 19.8 Å². The molecule has 1 N–H and O–H groups in total. The van der Waals surface area contributed by atoms with Gasteiger partial charge in [0.25, 0.3) is 0 Å². The third kappa shape index (κ3) is 3.86. The van der Waals surface area contributed by atoms with Crippen molar-refractivity contribution in [1.29, 1.82) is 0 Å². The Kier molecular flexibility index (Phi) is 6.61. The number of thioether (sulfide) groups is 1. The molecule has 11 heteroatoms. The fourth-order valence-corrected chi connectivity index (χ4v) is 8.71. The van der Waals surface area contributed by atoms with Gasteiger partial charge in [-0.2, -0.15) is 0 Å². The van der Waals surface area contributed by atoms with Gasteiger partial charge in [0.05, 0.1) is 28.7 Å². The molecule has 196 valence electrons. The van der Waals surface area contributed by atoms with Crippen molar-refractivity contribution in [2.24, 2.45) is 11.8 Å². The Morgan fingerprint density at radius 1 is 1.30 bits per heavy atom. The number of benzene rings is 1. The lowest BCUT2D eigenvalue weighted by Crippen LogP contribution is -2.55. The number of fused-ring (bicyclic) bond motifs is 2. The van der Waals surface area contributed by atoms with E-state index in [-0.39, 0.29) is 44.8 Å².